The van der Waals surface area contributed by atoms with Crippen molar-refractivity contribution in [2.24, 2.45) is 0 Å². The highest BCUT2D eigenvalue weighted by atomic mass is 16.7. The van der Waals surface area contributed by atoms with E-state index < -0.39 is 24.1 Å². The molecule has 1 unspecified atom stereocenters. The van der Waals surface area contributed by atoms with E-state index in [9.17, 15) is 9.59 Å². The van der Waals surface area contributed by atoms with Gasteiger partial charge < -0.3 is 24.3 Å². The Morgan fingerprint density at radius 2 is 1.40 bits per heavy atom. The molecule has 2 rings (SSSR count). The van der Waals surface area contributed by atoms with Crippen molar-refractivity contribution in [3.05, 3.63) is 58.4 Å². The lowest BCUT2D eigenvalue weighted by molar-refractivity contribution is -0.141. The first-order valence-corrected chi connectivity index (χ1v) is 10.3. The van der Waals surface area contributed by atoms with Gasteiger partial charge in [-0.1, -0.05) is 30.3 Å². The van der Waals surface area contributed by atoms with Gasteiger partial charge in [-0.25, -0.2) is 9.59 Å². The lowest BCUT2D eigenvalue weighted by atomic mass is 9.80. The van der Waals surface area contributed by atoms with E-state index >= 15 is 0 Å². The Morgan fingerprint density at radius 3 is 1.90 bits per heavy atom. The molecule has 7 heteroatoms. The average Bonchev–Trinajstić information content (AvgIpc) is 2.73. The number of dihydropyridines is 1. The number of allylic oxidation sites excluding steroid dienone is 1. The van der Waals surface area contributed by atoms with E-state index in [1.165, 1.54) is 0 Å². The minimum absolute atomic E-state index is 0.197. The molecule has 1 aromatic rings. The summed E-state index contributed by atoms with van der Waals surface area (Å²) in [7, 11) is 0. The van der Waals surface area contributed by atoms with Crippen LogP contribution in [-0.2, 0) is 28.5 Å². The van der Waals surface area contributed by atoms with Gasteiger partial charge >= 0.3 is 11.9 Å². The molecule has 1 atom stereocenters. The largest absolute Gasteiger partial charge is 0.463 e. The number of hydrogen-bond acceptors (Lipinski definition) is 7. The van der Waals surface area contributed by atoms with Crippen molar-refractivity contribution in [1.29, 1.82) is 0 Å². The van der Waals surface area contributed by atoms with Crippen molar-refractivity contribution in [3.8, 4) is 0 Å². The van der Waals surface area contributed by atoms with Gasteiger partial charge in [-0.05, 0) is 40.2 Å². The summed E-state index contributed by atoms with van der Waals surface area (Å²) in [5, 5.41) is 3.17. The number of esters is 2. The van der Waals surface area contributed by atoms with Crippen LogP contribution in [0, 0.1) is 0 Å². The quantitative estimate of drug-likeness (QED) is 0.461. The summed E-state index contributed by atoms with van der Waals surface area (Å²) in [6.45, 7) is 10.1. The number of carbonyl (C=O) groups excluding carboxylic acids is 2. The number of nitrogens with one attached hydrogen (secondary N) is 1. The van der Waals surface area contributed by atoms with Gasteiger partial charge in [-0.15, -0.1) is 0 Å². The molecule has 0 saturated carbocycles. The SMILES string of the molecule is CCOC(=O)C1=C(C)NC(C(OCC)OCC)=C(C(=O)OCC)C1c1ccccc1. The third-order valence-corrected chi connectivity index (χ3v) is 4.59. The lowest BCUT2D eigenvalue weighted by Gasteiger charge is -2.34. The van der Waals surface area contributed by atoms with Crippen LogP contribution in [0.4, 0.5) is 0 Å². The molecule has 0 spiro atoms. The molecule has 0 fully saturated rings. The van der Waals surface area contributed by atoms with Crippen LogP contribution in [-0.4, -0.2) is 44.7 Å². The molecule has 1 aromatic carbocycles. The molecule has 30 heavy (non-hydrogen) atoms. The highest BCUT2D eigenvalue weighted by molar-refractivity contribution is 6.00. The minimum Gasteiger partial charge on any atom is -0.463 e. The van der Waals surface area contributed by atoms with Gasteiger partial charge in [0.2, 0.25) is 0 Å². The first-order valence-electron chi connectivity index (χ1n) is 10.3. The average molecular weight is 418 g/mol. The monoisotopic (exact) mass is 417 g/mol. The second kappa shape index (κ2) is 11.5. The fraction of sp³-hybridized carbons (Fsp3) is 0.478. The smallest absolute Gasteiger partial charge is 0.336 e. The van der Waals surface area contributed by atoms with Crippen LogP contribution >= 0.6 is 0 Å². The zero-order chi connectivity index (χ0) is 22.1. The normalized spacial score (nSPS) is 16.5. The van der Waals surface area contributed by atoms with E-state index in [1.807, 2.05) is 44.2 Å². The maximum atomic E-state index is 13.1. The number of benzene rings is 1. The fourth-order valence-corrected chi connectivity index (χ4v) is 3.45. The van der Waals surface area contributed by atoms with Crippen LogP contribution in [0.2, 0.25) is 0 Å². The third-order valence-electron chi connectivity index (χ3n) is 4.59. The Morgan fingerprint density at radius 1 is 0.867 bits per heavy atom. The van der Waals surface area contributed by atoms with Crippen LogP contribution in [0.3, 0.4) is 0 Å². The number of hydrogen-bond donors (Lipinski definition) is 1. The molecule has 164 valence electrons. The van der Waals surface area contributed by atoms with Crippen molar-refractivity contribution in [3.63, 3.8) is 0 Å². The molecule has 0 aromatic heterocycles. The Labute approximate surface area is 178 Å². The summed E-state index contributed by atoms with van der Waals surface area (Å²) in [6.07, 6.45) is -0.802. The van der Waals surface area contributed by atoms with E-state index in [4.69, 9.17) is 18.9 Å². The first kappa shape index (κ1) is 23.6. The zero-order valence-corrected chi connectivity index (χ0v) is 18.3. The van der Waals surface area contributed by atoms with Gasteiger partial charge in [-0.2, -0.15) is 0 Å². The number of ether oxygens (including phenoxy) is 4. The molecular formula is C23H31NO6. The standard InChI is InChI=1S/C23H31NO6/c1-6-27-21(25)17-15(5)24-20(23(29-8-3)30-9-4)19(22(26)28-7-2)18(17)16-13-11-10-12-14-16/h10-14,18,23-24H,6-9H2,1-5H3. The highest BCUT2D eigenvalue weighted by Gasteiger charge is 2.41. The van der Waals surface area contributed by atoms with E-state index in [0.717, 1.165) is 5.56 Å². The van der Waals surface area contributed by atoms with Crippen molar-refractivity contribution >= 4 is 11.9 Å². The van der Waals surface area contributed by atoms with Crippen molar-refractivity contribution in [1.82, 2.24) is 5.32 Å². The summed E-state index contributed by atoms with van der Waals surface area (Å²) < 4.78 is 22.2. The van der Waals surface area contributed by atoms with Gasteiger partial charge in [0.1, 0.15) is 0 Å². The molecule has 0 bridgehead atoms. The summed E-state index contributed by atoms with van der Waals surface area (Å²) >= 11 is 0. The highest BCUT2D eigenvalue weighted by Crippen LogP contribution is 2.40. The summed E-state index contributed by atoms with van der Waals surface area (Å²) in [4.78, 5) is 26.0. The van der Waals surface area contributed by atoms with Crippen molar-refractivity contribution in [2.75, 3.05) is 26.4 Å². The van der Waals surface area contributed by atoms with Gasteiger partial charge in [0, 0.05) is 18.9 Å². The molecule has 1 heterocycles. The van der Waals surface area contributed by atoms with Gasteiger partial charge in [-0.3, -0.25) is 0 Å². The third kappa shape index (κ3) is 5.29. The minimum atomic E-state index is -0.802. The van der Waals surface area contributed by atoms with Crippen LogP contribution in [0.1, 0.15) is 46.1 Å². The maximum Gasteiger partial charge on any atom is 0.336 e. The van der Waals surface area contributed by atoms with Crippen molar-refractivity contribution in [2.45, 2.75) is 46.8 Å². The fourth-order valence-electron chi connectivity index (χ4n) is 3.45. The molecule has 0 saturated heterocycles. The lowest BCUT2D eigenvalue weighted by Crippen LogP contribution is -2.39. The molecule has 1 aliphatic rings. The van der Waals surface area contributed by atoms with Gasteiger partial charge in [0.25, 0.3) is 0 Å². The van der Waals surface area contributed by atoms with E-state index in [0.29, 0.717) is 30.2 Å². The summed E-state index contributed by atoms with van der Waals surface area (Å²) in [6, 6.07) is 9.34. The number of rotatable bonds is 10. The van der Waals surface area contributed by atoms with Crippen LogP contribution in [0.15, 0.2) is 52.9 Å². The Hall–Kier alpha value is -2.64. The Kier molecular flexibility index (Phi) is 9.08. The van der Waals surface area contributed by atoms with Crippen LogP contribution in [0.5, 0.6) is 0 Å². The number of carbonyl (C=O) groups is 2. The van der Waals surface area contributed by atoms with Gasteiger partial charge in [0.15, 0.2) is 6.29 Å². The molecule has 1 aliphatic heterocycles. The molecule has 0 radical (unpaired) electrons. The van der Waals surface area contributed by atoms with Crippen LogP contribution in [0.25, 0.3) is 0 Å². The Balaban J connectivity index is 2.74. The van der Waals surface area contributed by atoms with E-state index in [2.05, 4.69) is 5.32 Å². The zero-order valence-electron chi connectivity index (χ0n) is 18.3. The molecule has 1 N–H and O–H groups in total. The second-order valence-corrected chi connectivity index (χ2v) is 6.52. The predicted octanol–water partition coefficient (Wildman–Crippen LogP) is 3.43. The molecule has 0 aliphatic carbocycles. The van der Waals surface area contributed by atoms with E-state index in [-0.39, 0.29) is 18.8 Å². The maximum absolute atomic E-state index is 13.1. The van der Waals surface area contributed by atoms with E-state index in [1.54, 1.807) is 20.8 Å². The molecule has 0 amide bonds. The summed E-state index contributed by atoms with van der Waals surface area (Å²) in [5.41, 5.74) is 2.44. The topological polar surface area (TPSA) is 83.1 Å². The van der Waals surface area contributed by atoms with Crippen molar-refractivity contribution < 1.29 is 28.5 Å². The first-order chi connectivity index (χ1) is 14.5. The van der Waals surface area contributed by atoms with Gasteiger partial charge in [0.05, 0.1) is 36.0 Å². The molecule has 7 nitrogen and oxygen atoms in total. The summed E-state index contributed by atoms with van der Waals surface area (Å²) in [5.74, 6) is -1.70. The van der Waals surface area contributed by atoms with Crippen LogP contribution < -0.4 is 5.32 Å². The second-order valence-electron chi connectivity index (χ2n) is 6.52. The Bertz CT molecular complexity index is 793. The molecular weight excluding hydrogens is 386 g/mol. The predicted molar refractivity (Wildman–Crippen MR) is 112 cm³/mol.